The van der Waals surface area contributed by atoms with E-state index in [1.54, 1.807) is 7.11 Å². The van der Waals surface area contributed by atoms with Crippen molar-refractivity contribution in [1.29, 1.82) is 0 Å². The van der Waals surface area contributed by atoms with Crippen molar-refractivity contribution in [2.75, 3.05) is 32.2 Å². The third kappa shape index (κ3) is 5.30. The number of methoxy groups -OCH3 is 1. The van der Waals surface area contributed by atoms with Gasteiger partial charge in [0.2, 0.25) is 5.91 Å². The van der Waals surface area contributed by atoms with Crippen LogP contribution in [0.2, 0.25) is 0 Å². The first-order chi connectivity index (χ1) is 8.13. The Labute approximate surface area is 109 Å². The van der Waals surface area contributed by atoms with E-state index in [0.717, 1.165) is 15.7 Å². The first kappa shape index (κ1) is 14.2. The van der Waals surface area contributed by atoms with Gasteiger partial charge in [0, 0.05) is 17.3 Å². The van der Waals surface area contributed by atoms with Gasteiger partial charge in [0.1, 0.15) is 6.61 Å². The van der Waals surface area contributed by atoms with E-state index in [1.807, 2.05) is 25.1 Å². The zero-order chi connectivity index (χ0) is 12.7. The van der Waals surface area contributed by atoms with Gasteiger partial charge in [-0.05, 0) is 24.6 Å². The van der Waals surface area contributed by atoms with E-state index in [0.29, 0.717) is 13.2 Å². The summed E-state index contributed by atoms with van der Waals surface area (Å²) in [7, 11) is 1.59. The minimum atomic E-state index is -0.170. The molecule has 0 aliphatic rings. The van der Waals surface area contributed by atoms with Crippen LogP contribution in [-0.2, 0) is 14.3 Å². The molecule has 0 fully saturated rings. The molecule has 0 unspecified atom stereocenters. The minimum absolute atomic E-state index is 0.0366. The summed E-state index contributed by atoms with van der Waals surface area (Å²) in [6, 6.07) is 5.65. The Kier molecular flexibility index (Phi) is 6.18. The van der Waals surface area contributed by atoms with Gasteiger partial charge in [-0.15, -0.1) is 0 Å². The van der Waals surface area contributed by atoms with Crippen LogP contribution in [0.5, 0.6) is 0 Å². The number of amides is 1. The maximum Gasteiger partial charge on any atom is 0.250 e. The lowest BCUT2D eigenvalue weighted by atomic mass is 10.2. The molecule has 1 aromatic carbocycles. The summed E-state index contributed by atoms with van der Waals surface area (Å²) in [6.45, 7) is 2.93. The highest BCUT2D eigenvalue weighted by atomic mass is 79.9. The fourth-order valence-corrected chi connectivity index (χ4v) is 1.55. The summed E-state index contributed by atoms with van der Waals surface area (Å²) in [5, 5.41) is 2.75. The van der Waals surface area contributed by atoms with Gasteiger partial charge in [-0.2, -0.15) is 0 Å². The summed E-state index contributed by atoms with van der Waals surface area (Å²) in [5.74, 6) is -0.170. The number of halogens is 1. The summed E-state index contributed by atoms with van der Waals surface area (Å²) < 4.78 is 10.9. The quantitative estimate of drug-likeness (QED) is 0.821. The molecule has 0 aliphatic carbocycles. The minimum Gasteiger partial charge on any atom is -0.382 e. The standard InChI is InChI=1S/C12H16BrNO3/c1-9-3-4-10(7-11(9)13)14-12(15)8-17-6-5-16-2/h3-4,7H,5-6,8H2,1-2H3,(H,14,15). The molecule has 94 valence electrons. The third-order valence-corrected chi connectivity index (χ3v) is 2.97. The molecule has 0 atom stereocenters. The number of carbonyl (C=O) groups is 1. The van der Waals surface area contributed by atoms with Gasteiger partial charge in [-0.1, -0.05) is 22.0 Å². The smallest absolute Gasteiger partial charge is 0.250 e. The van der Waals surface area contributed by atoms with E-state index < -0.39 is 0 Å². The first-order valence-electron chi connectivity index (χ1n) is 5.26. The number of benzene rings is 1. The Morgan fingerprint density at radius 3 is 2.82 bits per heavy atom. The zero-order valence-electron chi connectivity index (χ0n) is 9.96. The predicted molar refractivity (Wildman–Crippen MR) is 70.2 cm³/mol. The van der Waals surface area contributed by atoms with Gasteiger partial charge >= 0.3 is 0 Å². The molecule has 0 heterocycles. The molecule has 1 aromatic rings. The molecule has 0 bridgehead atoms. The lowest BCUT2D eigenvalue weighted by Crippen LogP contribution is -2.19. The van der Waals surface area contributed by atoms with E-state index in [-0.39, 0.29) is 12.5 Å². The van der Waals surface area contributed by atoms with E-state index in [4.69, 9.17) is 9.47 Å². The van der Waals surface area contributed by atoms with Gasteiger partial charge in [0.05, 0.1) is 13.2 Å². The van der Waals surface area contributed by atoms with Crippen LogP contribution in [0.15, 0.2) is 22.7 Å². The number of hydrogen-bond donors (Lipinski definition) is 1. The maximum atomic E-state index is 11.5. The summed E-state index contributed by atoms with van der Waals surface area (Å²) in [6.07, 6.45) is 0. The molecule has 0 aliphatic heterocycles. The van der Waals surface area contributed by atoms with Crippen LogP contribution in [0, 0.1) is 6.92 Å². The van der Waals surface area contributed by atoms with E-state index >= 15 is 0 Å². The van der Waals surface area contributed by atoms with Crippen molar-refractivity contribution >= 4 is 27.5 Å². The van der Waals surface area contributed by atoms with E-state index in [9.17, 15) is 4.79 Å². The molecular weight excluding hydrogens is 286 g/mol. The Balaban J connectivity index is 2.37. The van der Waals surface area contributed by atoms with E-state index in [1.165, 1.54) is 0 Å². The molecule has 1 rings (SSSR count). The van der Waals surface area contributed by atoms with Crippen molar-refractivity contribution in [2.45, 2.75) is 6.92 Å². The summed E-state index contributed by atoms with van der Waals surface area (Å²) in [5.41, 5.74) is 1.88. The molecule has 4 nitrogen and oxygen atoms in total. The lowest BCUT2D eigenvalue weighted by Gasteiger charge is -2.07. The van der Waals surface area contributed by atoms with Crippen LogP contribution in [0.4, 0.5) is 5.69 Å². The molecule has 0 radical (unpaired) electrons. The molecule has 1 amide bonds. The molecule has 0 aromatic heterocycles. The number of ether oxygens (including phenoxy) is 2. The van der Waals surface area contributed by atoms with Crippen molar-refractivity contribution in [3.63, 3.8) is 0 Å². The van der Waals surface area contributed by atoms with E-state index in [2.05, 4.69) is 21.2 Å². The van der Waals surface area contributed by atoms with Crippen molar-refractivity contribution < 1.29 is 14.3 Å². The molecule has 0 saturated heterocycles. The van der Waals surface area contributed by atoms with Gasteiger partial charge in [-0.25, -0.2) is 0 Å². The first-order valence-corrected chi connectivity index (χ1v) is 6.05. The Morgan fingerprint density at radius 1 is 1.41 bits per heavy atom. The Hall–Kier alpha value is -0.910. The number of hydrogen-bond acceptors (Lipinski definition) is 3. The molecule has 1 N–H and O–H groups in total. The molecular formula is C12H16BrNO3. The number of aryl methyl sites for hydroxylation is 1. The highest BCUT2D eigenvalue weighted by Gasteiger charge is 2.03. The second-order valence-electron chi connectivity index (χ2n) is 3.56. The van der Waals surface area contributed by atoms with Crippen LogP contribution in [0.25, 0.3) is 0 Å². The number of nitrogens with one attached hydrogen (secondary N) is 1. The lowest BCUT2D eigenvalue weighted by molar-refractivity contribution is -0.121. The predicted octanol–water partition coefficient (Wildman–Crippen LogP) is 2.36. The van der Waals surface area contributed by atoms with Crippen molar-refractivity contribution in [3.8, 4) is 0 Å². The highest BCUT2D eigenvalue weighted by Crippen LogP contribution is 2.20. The maximum absolute atomic E-state index is 11.5. The normalized spacial score (nSPS) is 10.3. The fraction of sp³-hybridized carbons (Fsp3) is 0.417. The van der Waals surface area contributed by atoms with Crippen LogP contribution >= 0.6 is 15.9 Å². The van der Waals surface area contributed by atoms with Crippen molar-refractivity contribution in [3.05, 3.63) is 28.2 Å². The average Bonchev–Trinajstić information content (AvgIpc) is 2.30. The number of carbonyl (C=O) groups excluding carboxylic acids is 1. The van der Waals surface area contributed by atoms with Crippen LogP contribution in [-0.4, -0.2) is 32.8 Å². The summed E-state index contributed by atoms with van der Waals surface area (Å²) in [4.78, 5) is 11.5. The van der Waals surface area contributed by atoms with Crippen LogP contribution < -0.4 is 5.32 Å². The third-order valence-electron chi connectivity index (χ3n) is 2.12. The monoisotopic (exact) mass is 301 g/mol. The molecule has 17 heavy (non-hydrogen) atoms. The molecule has 0 spiro atoms. The second kappa shape index (κ2) is 7.42. The molecule has 0 saturated carbocycles. The fourth-order valence-electron chi connectivity index (χ4n) is 1.17. The van der Waals surface area contributed by atoms with Gasteiger partial charge in [0.15, 0.2) is 0 Å². The Morgan fingerprint density at radius 2 is 2.18 bits per heavy atom. The molecule has 5 heteroatoms. The van der Waals surface area contributed by atoms with Gasteiger partial charge in [-0.3, -0.25) is 4.79 Å². The topological polar surface area (TPSA) is 47.6 Å². The zero-order valence-corrected chi connectivity index (χ0v) is 11.5. The van der Waals surface area contributed by atoms with Crippen molar-refractivity contribution in [1.82, 2.24) is 0 Å². The van der Waals surface area contributed by atoms with Crippen LogP contribution in [0.1, 0.15) is 5.56 Å². The largest absolute Gasteiger partial charge is 0.382 e. The number of anilines is 1. The van der Waals surface area contributed by atoms with Crippen molar-refractivity contribution in [2.24, 2.45) is 0 Å². The van der Waals surface area contributed by atoms with Crippen LogP contribution in [0.3, 0.4) is 0 Å². The Bertz CT molecular complexity index is 382. The van der Waals surface area contributed by atoms with Gasteiger partial charge in [0.25, 0.3) is 0 Å². The number of rotatable bonds is 6. The summed E-state index contributed by atoms with van der Waals surface area (Å²) >= 11 is 3.41. The highest BCUT2D eigenvalue weighted by molar-refractivity contribution is 9.10. The van der Waals surface area contributed by atoms with Gasteiger partial charge < -0.3 is 14.8 Å². The SMILES string of the molecule is COCCOCC(=O)Nc1ccc(C)c(Br)c1. The second-order valence-corrected chi connectivity index (χ2v) is 4.41. The average molecular weight is 302 g/mol.